The van der Waals surface area contributed by atoms with E-state index in [1.807, 2.05) is 19.9 Å². The third-order valence-electron chi connectivity index (χ3n) is 3.55. The van der Waals surface area contributed by atoms with E-state index in [0.29, 0.717) is 5.76 Å². The van der Waals surface area contributed by atoms with Crippen LogP contribution in [-0.2, 0) is 9.59 Å². The number of nitrogens with zero attached hydrogens (tertiary/aromatic N) is 3. The lowest BCUT2D eigenvalue weighted by Gasteiger charge is -2.17. The third-order valence-corrected chi connectivity index (χ3v) is 3.55. The fraction of sp³-hybridized carbons (Fsp3) is 0.250. The molecule has 9 heteroatoms. The number of hydrogen-bond acceptors (Lipinski definition) is 6. The van der Waals surface area contributed by atoms with Crippen LogP contribution >= 0.6 is 0 Å². The molecule has 3 aromatic rings. The van der Waals surface area contributed by atoms with Gasteiger partial charge in [0, 0.05) is 18.3 Å². The quantitative estimate of drug-likeness (QED) is 0.677. The summed E-state index contributed by atoms with van der Waals surface area (Å²) in [6.07, 6.45) is 2.84. The molecule has 0 bridgehead atoms. The molecule has 3 aromatic heterocycles. The van der Waals surface area contributed by atoms with Crippen LogP contribution < -0.4 is 10.6 Å². The predicted octanol–water partition coefficient (Wildman–Crippen LogP) is 1.43. The monoisotopic (exact) mass is 343 g/mol. The van der Waals surface area contributed by atoms with Gasteiger partial charge < -0.3 is 14.3 Å². The second-order valence-electron chi connectivity index (χ2n) is 5.45. The Balaban J connectivity index is 1.70. The summed E-state index contributed by atoms with van der Waals surface area (Å²) in [5.41, 5.74) is 1.77. The molecule has 0 saturated heterocycles. The number of nitrogens with one attached hydrogen (secondary N) is 2. The number of anilines is 1. The van der Waals surface area contributed by atoms with Crippen LogP contribution in [0.5, 0.6) is 0 Å². The van der Waals surface area contributed by atoms with Gasteiger partial charge in [-0.1, -0.05) is 5.16 Å². The first-order valence-corrected chi connectivity index (χ1v) is 7.60. The Hall–Kier alpha value is -3.36. The Labute approximate surface area is 143 Å². The van der Waals surface area contributed by atoms with Gasteiger partial charge in [-0.25, -0.2) is 0 Å². The zero-order chi connectivity index (χ0) is 17.8. The number of furan rings is 1. The molecule has 3 heterocycles. The third kappa shape index (κ3) is 3.77. The highest BCUT2D eigenvalue weighted by Gasteiger charge is 2.22. The number of hydrogen-bond donors (Lipinski definition) is 2. The first-order valence-electron chi connectivity index (χ1n) is 7.60. The van der Waals surface area contributed by atoms with Crippen LogP contribution in [0.25, 0.3) is 0 Å². The molecule has 2 N–H and O–H groups in total. The number of carbonyl (C=O) groups is 2. The zero-order valence-electron chi connectivity index (χ0n) is 13.7. The van der Waals surface area contributed by atoms with Gasteiger partial charge in [0.15, 0.2) is 5.82 Å². The van der Waals surface area contributed by atoms with Crippen molar-refractivity contribution in [2.75, 3.05) is 11.9 Å². The lowest BCUT2D eigenvalue weighted by molar-refractivity contribution is -0.136. The topological polar surface area (TPSA) is 115 Å². The van der Waals surface area contributed by atoms with Crippen LogP contribution in [0.4, 0.5) is 5.82 Å². The lowest BCUT2D eigenvalue weighted by atomic mass is 10.2. The van der Waals surface area contributed by atoms with E-state index >= 15 is 0 Å². The van der Waals surface area contributed by atoms with Crippen molar-refractivity contribution in [1.82, 2.24) is 20.3 Å². The van der Waals surface area contributed by atoms with Crippen molar-refractivity contribution in [1.29, 1.82) is 0 Å². The van der Waals surface area contributed by atoms with Gasteiger partial charge in [0.25, 0.3) is 0 Å². The van der Waals surface area contributed by atoms with Gasteiger partial charge in [0.1, 0.15) is 18.1 Å². The van der Waals surface area contributed by atoms with E-state index < -0.39 is 11.8 Å². The zero-order valence-corrected chi connectivity index (χ0v) is 13.7. The highest BCUT2D eigenvalue weighted by Crippen LogP contribution is 2.20. The van der Waals surface area contributed by atoms with Crippen molar-refractivity contribution < 1.29 is 18.5 Å². The van der Waals surface area contributed by atoms with Gasteiger partial charge in [-0.2, -0.15) is 5.10 Å². The summed E-state index contributed by atoms with van der Waals surface area (Å²) in [5.74, 6) is -0.828. The molecule has 0 aromatic carbocycles. The van der Waals surface area contributed by atoms with Crippen LogP contribution in [0.2, 0.25) is 0 Å². The second-order valence-corrected chi connectivity index (χ2v) is 5.45. The molecule has 0 unspecified atom stereocenters. The summed E-state index contributed by atoms with van der Waals surface area (Å²) in [6.45, 7) is 3.93. The molecule has 2 amide bonds. The molecule has 3 rings (SSSR count). The van der Waals surface area contributed by atoms with Crippen LogP contribution in [-0.4, -0.2) is 33.3 Å². The number of carbonyl (C=O) groups excluding carboxylic acids is 2. The van der Waals surface area contributed by atoms with Crippen LogP contribution in [0, 0.1) is 13.8 Å². The van der Waals surface area contributed by atoms with E-state index in [1.165, 1.54) is 12.3 Å². The Morgan fingerprint density at radius 2 is 2.08 bits per heavy atom. The maximum absolute atomic E-state index is 12.0. The average molecular weight is 343 g/mol. The normalized spacial score (nSPS) is 11.9. The summed E-state index contributed by atoms with van der Waals surface area (Å²) < 4.78 is 11.8. The van der Waals surface area contributed by atoms with Crippen molar-refractivity contribution in [2.24, 2.45) is 0 Å². The van der Waals surface area contributed by atoms with Crippen LogP contribution in [0.15, 0.2) is 45.7 Å². The molecular formula is C16H17N5O4. The second kappa shape index (κ2) is 7.04. The highest BCUT2D eigenvalue weighted by atomic mass is 16.5. The predicted molar refractivity (Wildman–Crippen MR) is 86.7 cm³/mol. The van der Waals surface area contributed by atoms with Crippen molar-refractivity contribution in [3.05, 3.63) is 53.9 Å². The molecule has 9 nitrogen and oxygen atoms in total. The minimum absolute atomic E-state index is 0.139. The Kier molecular flexibility index (Phi) is 4.64. The van der Waals surface area contributed by atoms with E-state index in [0.717, 1.165) is 11.4 Å². The number of rotatable bonds is 5. The standard InChI is InChI=1S/C16H17N5O4/c1-10-8-11(2)21(19-10)12(13-4-3-6-24-13)9-17-15(22)16(23)18-14-5-7-25-20-14/h3-8,12H,9H2,1-2H3,(H,17,22)(H,18,20,23)/t12-/m0/s1. The van der Waals surface area contributed by atoms with Crippen LogP contribution in [0.1, 0.15) is 23.2 Å². The largest absolute Gasteiger partial charge is 0.467 e. The Morgan fingerprint density at radius 1 is 1.24 bits per heavy atom. The minimum Gasteiger partial charge on any atom is -0.467 e. The fourth-order valence-corrected chi connectivity index (χ4v) is 2.47. The SMILES string of the molecule is Cc1cc(C)n([C@@H](CNC(=O)C(=O)Nc2ccon2)c2ccco2)n1. The van der Waals surface area contributed by atoms with Gasteiger partial charge >= 0.3 is 11.8 Å². The van der Waals surface area contributed by atoms with Gasteiger partial charge in [0.05, 0.1) is 12.0 Å². The molecule has 1 atom stereocenters. The molecule has 0 radical (unpaired) electrons. The summed E-state index contributed by atoms with van der Waals surface area (Å²) in [6, 6.07) is 6.55. The van der Waals surface area contributed by atoms with Crippen molar-refractivity contribution in [3.63, 3.8) is 0 Å². The van der Waals surface area contributed by atoms with Gasteiger partial charge in [-0.15, -0.1) is 0 Å². The molecule has 0 aliphatic rings. The smallest absolute Gasteiger partial charge is 0.314 e. The van der Waals surface area contributed by atoms with E-state index in [9.17, 15) is 9.59 Å². The van der Waals surface area contributed by atoms with Crippen molar-refractivity contribution in [3.8, 4) is 0 Å². The Morgan fingerprint density at radius 3 is 2.68 bits per heavy atom. The molecule has 25 heavy (non-hydrogen) atoms. The number of amides is 2. The molecule has 0 aliphatic heterocycles. The fourth-order valence-electron chi connectivity index (χ4n) is 2.47. The molecule has 0 aliphatic carbocycles. The Bertz CT molecular complexity index is 851. The number of aryl methyl sites for hydroxylation is 2. The van der Waals surface area contributed by atoms with Crippen molar-refractivity contribution >= 4 is 17.6 Å². The minimum atomic E-state index is -0.833. The van der Waals surface area contributed by atoms with Crippen LogP contribution in [0.3, 0.4) is 0 Å². The number of aromatic nitrogens is 3. The molecule has 0 spiro atoms. The summed E-state index contributed by atoms with van der Waals surface area (Å²) in [5, 5.41) is 12.9. The maximum atomic E-state index is 12.0. The van der Waals surface area contributed by atoms with E-state index in [4.69, 9.17) is 4.42 Å². The first kappa shape index (κ1) is 16.5. The van der Waals surface area contributed by atoms with E-state index in [2.05, 4.69) is 25.4 Å². The first-order chi connectivity index (χ1) is 12.0. The molecule has 0 saturated carbocycles. The summed E-state index contributed by atoms with van der Waals surface area (Å²) >= 11 is 0. The molecular weight excluding hydrogens is 326 g/mol. The van der Waals surface area contributed by atoms with Crippen molar-refractivity contribution in [2.45, 2.75) is 19.9 Å². The maximum Gasteiger partial charge on any atom is 0.314 e. The average Bonchev–Trinajstić information content (AvgIpc) is 3.31. The van der Waals surface area contributed by atoms with Gasteiger partial charge in [0.2, 0.25) is 0 Å². The van der Waals surface area contributed by atoms with E-state index in [1.54, 1.807) is 23.1 Å². The van der Waals surface area contributed by atoms with Gasteiger partial charge in [-0.05, 0) is 32.0 Å². The molecule has 0 fully saturated rings. The summed E-state index contributed by atoms with van der Waals surface area (Å²) in [7, 11) is 0. The lowest BCUT2D eigenvalue weighted by Crippen LogP contribution is -2.39. The molecule has 130 valence electrons. The summed E-state index contributed by atoms with van der Waals surface area (Å²) in [4.78, 5) is 23.9. The van der Waals surface area contributed by atoms with Gasteiger partial charge in [-0.3, -0.25) is 19.6 Å². The highest BCUT2D eigenvalue weighted by molar-refractivity contribution is 6.39. The van der Waals surface area contributed by atoms with E-state index in [-0.39, 0.29) is 18.4 Å².